The third-order valence-electron chi connectivity index (χ3n) is 4.46. The largest absolute Gasteiger partial charge is 0.496 e. The Morgan fingerprint density at radius 1 is 0.839 bits per heavy atom. The average molecular weight is 420 g/mol. The molecule has 7 nitrogen and oxygen atoms in total. The molecular weight excluding hydrogens is 396 g/mol. The molecule has 0 saturated heterocycles. The number of amides is 2. The zero-order chi connectivity index (χ0) is 22.2. The van der Waals surface area contributed by atoms with Gasteiger partial charge in [-0.15, -0.1) is 0 Å². The minimum Gasteiger partial charge on any atom is -0.496 e. The zero-order valence-corrected chi connectivity index (χ0v) is 17.6. The van der Waals surface area contributed by atoms with Gasteiger partial charge in [0.1, 0.15) is 17.2 Å². The maximum Gasteiger partial charge on any atom is 0.262 e. The Kier molecular flexibility index (Phi) is 7.11. The monoisotopic (exact) mass is 420 g/mol. The number of rotatable bonds is 8. The fourth-order valence-electron chi connectivity index (χ4n) is 2.92. The van der Waals surface area contributed by atoms with Gasteiger partial charge in [-0.25, -0.2) is 0 Å². The van der Waals surface area contributed by atoms with Gasteiger partial charge in [0, 0.05) is 5.69 Å². The number of aryl methyl sites for hydroxylation is 1. The molecule has 0 aromatic heterocycles. The first-order valence-corrected chi connectivity index (χ1v) is 9.62. The van der Waals surface area contributed by atoms with Crippen molar-refractivity contribution < 1.29 is 23.8 Å². The predicted molar refractivity (Wildman–Crippen MR) is 119 cm³/mol. The molecule has 160 valence electrons. The van der Waals surface area contributed by atoms with Gasteiger partial charge in [0.15, 0.2) is 6.61 Å². The van der Waals surface area contributed by atoms with Crippen molar-refractivity contribution in [3.8, 4) is 17.2 Å². The molecule has 0 unspecified atom stereocenters. The van der Waals surface area contributed by atoms with Gasteiger partial charge >= 0.3 is 0 Å². The summed E-state index contributed by atoms with van der Waals surface area (Å²) in [4.78, 5) is 24.7. The second-order valence-electron chi connectivity index (χ2n) is 6.72. The number of hydrogen-bond acceptors (Lipinski definition) is 5. The van der Waals surface area contributed by atoms with E-state index in [1.807, 2.05) is 19.1 Å². The smallest absolute Gasteiger partial charge is 0.262 e. The second-order valence-corrected chi connectivity index (χ2v) is 6.72. The van der Waals surface area contributed by atoms with E-state index in [0.717, 1.165) is 5.56 Å². The topological polar surface area (TPSA) is 85.9 Å². The van der Waals surface area contributed by atoms with Gasteiger partial charge in [-0.2, -0.15) is 0 Å². The molecule has 0 aliphatic carbocycles. The molecule has 0 spiro atoms. The molecule has 2 N–H and O–H groups in total. The number of ether oxygens (including phenoxy) is 3. The Labute approximate surface area is 180 Å². The lowest BCUT2D eigenvalue weighted by Gasteiger charge is -2.12. The molecular formula is C24H24N2O5. The van der Waals surface area contributed by atoms with Gasteiger partial charge in [0.05, 0.1) is 25.5 Å². The molecule has 2 amide bonds. The standard InChI is InChI=1S/C24H24N2O5/c1-16-8-13-22(30-3)20(14-16)26-23(27)15-31-18-11-9-17(10-12-18)25-24(28)19-6-4-5-7-21(19)29-2/h4-14H,15H2,1-3H3,(H,25,28)(H,26,27). The maximum atomic E-state index is 12.5. The van der Waals surface area contributed by atoms with Crippen molar-refractivity contribution in [2.24, 2.45) is 0 Å². The predicted octanol–water partition coefficient (Wildman–Crippen LogP) is 4.28. The van der Waals surface area contributed by atoms with Crippen molar-refractivity contribution in [3.05, 3.63) is 77.9 Å². The molecule has 3 aromatic rings. The Hall–Kier alpha value is -4.00. The quantitative estimate of drug-likeness (QED) is 0.568. The number of anilines is 2. The van der Waals surface area contributed by atoms with Crippen molar-refractivity contribution in [1.82, 2.24) is 0 Å². The minimum absolute atomic E-state index is 0.163. The Balaban J connectivity index is 1.55. The van der Waals surface area contributed by atoms with Crippen LogP contribution in [0.3, 0.4) is 0 Å². The Morgan fingerprint density at radius 2 is 1.55 bits per heavy atom. The number of methoxy groups -OCH3 is 2. The summed E-state index contributed by atoms with van der Waals surface area (Å²) in [5.74, 6) is 0.988. The lowest BCUT2D eigenvalue weighted by Crippen LogP contribution is -2.20. The highest BCUT2D eigenvalue weighted by atomic mass is 16.5. The van der Waals surface area contributed by atoms with E-state index in [-0.39, 0.29) is 18.4 Å². The normalized spacial score (nSPS) is 10.2. The van der Waals surface area contributed by atoms with E-state index in [2.05, 4.69) is 10.6 Å². The summed E-state index contributed by atoms with van der Waals surface area (Å²) in [6.45, 7) is 1.77. The van der Waals surface area contributed by atoms with Crippen molar-refractivity contribution in [1.29, 1.82) is 0 Å². The summed E-state index contributed by atoms with van der Waals surface area (Å²) in [6.07, 6.45) is 0. The highest BCUT2D eigenvalue weighted by Gasteiger charge is 2.12. The third-order valence-corrected chi connectivity index (χ3v) is 4.46. The lowest BCUT2D eigenvalue weighted by atomic mass is 10.2. The average Bonchev–Trinajstić information content (AvgIpc) is 2.78. The van der Waals surface area contributed by atoms with E-state index in [0.29, 0.717) is 34.2 Å². The van der Waals surface area contributed by atoms with Crippen molar-refractivity contribution in [3.63, 3.8) is 0 Å². The van der Waals surface area contributed by atoms with Crippen LogP contribution in [0.1, 0.15) is 15.9 Å². The first kappa shape index (κ1) is 21.7. The molecule has 3 aromatic carbocycles. The molecule has 0 saturated carbocycles. The molecule has 0 bridgehead atoms. The van der Waals surface area contributed by atoms with E-state index < -0.39 is 0 Å². The Bertz CT molecular complexity index is 1060. The van der Waals surface area contributed by atoms with Crippen LogP contribution in [0.2, 0.25) is 0 Å². The number of carbonyl (C=O) groups is 2. The summed E-state index contributed by atoms with van der Waals surface area (Å²) >= 11 is 0. The highest BCUT2D eigenvalue weighted by molar-refractivity contribution is 6.06. The number of hydrogen-bond donors (Lipinski definition) is 2. The summed E-state index contributed by atoms with van der Waals surface area (Å²) < 4.78 is 16.0. The van der Waals surface area contributed by atoms with Crippen LogP contribution in [0.25, 0.3) is 0 Å². The molecule has 0 aliphatic rings. The third kappa shape index (κ3) is 5.76. The molecule has 3 rings (SSSR count). The van der Waals surface area contributed by atoms with E-state index in [9.17, 15) is 9.59 Å². The first-order chi connectivity index (χ1) is 15.0. The molecule has 0 atom stereocenters. The van der Waals surface area contributed by atoms with Crippen LogP contribution in [0.15, 0.2) is 66.7 Å². The van der Waals surface area contributed by atoms with Crippen LogP contribution in [0, 0.1) is 6.92 Å². The molecule has 31 heavy (non-hydrogen) atoms. The summed E-state index contributed by atoms with van der Waals surface area (Å²) in [7, 11) is 3.06. The maximum absolute atomic E-state index is 12.5. The van der Waals surface area contributed by atoms with Gasteiger partial charge < -0.3 is 24.8 Å². The van der Waals surface area contributed by atoms with Crippen LogP contribution in [-0.2, 0) is 4.79 Å². The highest BCUT2D eigenvalue weighted by Crippen LogP contribution is 2.25. The van der Waals surface area contributed by atoms with E-state index in [4.69, 9.17) is 14.2 Å². The fourth-order valence-corrected chi connectivity index (χ4v) is 2.92. The van der Waals surface area contributed by atoms with Gasteiger partial charge in [0.2, 0.25) is 0 Å². The summed E-state index contributed by atoms with van der Waals surface area (Å²) in [6, 6.07) is 19.3. The van der Waals surface area contributed by atoms with Crippen LogP contribution < -0.4 is 24.8 Å². The van der Waals surface area contributed by atoms with E-state index in [1.165, 1.54) is 7.11 Å². The van der Waals surface area contributed by atoms with Crippen molar-refractivity contribution >= 4 is 23.2 Å². The Morgan fingerprint density at radius 3 is 2.26 bits per heavy atom. The fraction of sp³-hybridized carbons (Fsp3) is 0.167. The molecule has 7 heteroatoms. The van der Waals surface area contributed by atoms with Gasteiger partial charge in [0.25, 0.3) is 11.8 Å². The van der Waals surface area contributed by atoms with Gasteiger partial charge in [-0.05, 0) is 61.0 Å². The second kappa shape index (κ2) is 10.2. The SMILES string of the molecule is COc1ccc(C)cc1NC(=O)COc1ccc(NC(=O)c2ccccc2OC)cc1. The summed E-state index contributed by atoms with van der Waals surface area (Å²) in [5.41, 5.74) is 2.62. The van der Waals surface area contributed by atoms with Crippen LogP contribution in [-0.4, -0.2) is 32.6 Å². The van der Waals surface area contributed by atoms with Gasteiger partial charge in [-0.3, -0.25) is 9.59 Å². The summed E-state index contributed by atoms with van der Waals surface area (Å²) in [5, 5.41) is 5.59. The molecule has 0 aliphatic heterocycles. The van der Waals surface area contributed by atoms with Crippen molar-refractivity contribution in [2.45, 2.75) is 6.92 Å². The van der Waals surface area contributed by atoms with Crippen LogP contribution >= 0.6 is 0 Å². The number of para-hydroxylation sites is 1. The molecule has 0 heterocycles. The number of benzene rings is 3. The minimum atomic E-state index is -0.308. The number of nitrogens with one attached hydrogen (secondary N) is 2. The van der Waals surface area contributed by atoms with E-state index in [1.54, 1.807) is 61.7 Å². The molecule has 0 radical (unpaired) electrons. The van der Waals surface area contributed by atoms with E-state index >= 15 is 0 Å². The van der Waals surface area contributed by atoms with Crippen LogP contribution in [0.5, 0.6) is 17.2 Å². The molecule has 0 fully saturated rings. The first-order valence-electron chi connectivity index (χ1n) is 9.62. The van der Waals surface area contributed by atoms with Crippen LogP contribution in [0.4, 0.5) is 11.4 Å². The number of carbonyl (C=O) groups excluding carboxylic acids is 2. The zero-order valence-electron chi connectivity index (χ0n) is 17.6. The van der Waals surface area contributed by atoms with Gasteiger partial charge in [-0.1, -0.05) is 18.2 Å². The van der Waals surface area contributed by atoms with Crippen molar-refractivity contribution in [2.75, 3.05) is 31.5 Å². The lowest BCUT2D eigenvalue weighted by molar-refractivity contribution is -0.118.